The molecule has 0 aromatic heterocycles. The first kappa shape index (κ1) is 16.7. The average molecular weight is 316 g/mol. The van der Waals surface area contributed by atoms with Crippen LogP contribution in [0, 0.1) is 0 Å². The molecule has 1 unspecified atom stereocenters. The molecule has 1 atom stereocenters. The second-order valence-corrected chi connectivity index (χ2v) is 5.52. The number of nitrogens with zero attached hydrogens (tertiary/aromatic N) is 1. The third-order valence-electron chi connectivity index (χ3n) is 3.72. The second-order valence-electron chi connectivity index (χ2n) is 5.52. The number of aliphatic carboxylic acids is 1. The minimum Gasteiger partial charge on any atom is -0.480 e. The fraction of sp³-hybridized carbons (Fsp3) is 0.353. The van der Waals surface area contributed by atoms with E-state index in [1.165, 1.54) is 17.9 Å². The second kappa shape index (κ2) is 7.58. The zero-order valence-corrected chi connectivity index (χ0v) is 13.0. The lowest BCUT2D eigenvalue weighted by Gasteiger charge is -2.32. The lowest BCUT2D eigenvalue weighted by Crippen LogP contribution is -2.47. The lowest BCUT2D eigenvalue weighted by atomic mass is 10.0. The predicted molar refractivity (Wildman–Crippen MR) is 86.8 cm³/mol. The van der Waals surface area contributed by atoms with Crippen LogP contribution >= 0.6 is 0 Å². The molecule has 1 heterocycles. The molecule has 1 aliphatic rings. The Morgan fingerprint density at radius 3 is 2.52 bits per heavy atom. The van der Waals surface area contributed by atoms with Gasteiger partial charge in [-0.3, -0.25) is 9.59 Å². The number of piperidine rings is 1. The van der Waals surface area contributed by atoms with Gasteiger partial charge in [-0.2, -0.15) is 0 Å². The van der Waals surface area contributed by atoms with Crippen molar-refractivity contribution in [1.29, 1.82) is 0 Å². The third-order valence-corrected chi connectivity index (χ3v) is 3.72. The van der Waals surface area contributed by atoms with Gasteiger partial charge < -0.3 is 15.3 Å². The molecule has 0 radical (unpaired) electrons. The highest BCUT2D eigenvalue weighted by Gasteiger charge is 2.30. The fourth-order valence-electron chi connectivity index (χ4n) is 2.60. The van der Waals surface area contributed by atoms with E-state index >= 15 is 0 Å². The van der Waals surface area contributed by atoms with Crippen LogP contribution < -0.4 is 5.32 Å². The number of amides is 2. The first-order valence-corrected chi connectivity index (χ1v) is 7.56. The Kier molecular flexibility index (Phi) is 5.51. The maximum Gasteiger partial charge on any atom is 0.326 e. The largest absolute Gasteiger partial charge is 0.480 e. The average Bonchev–Trinajstić information content (AvgIpc) is 2.53. The third kappa shape index (κ3) is 4.67. The number of anilines is 1. The zero-order chi connectivity index (χ0) is 16.8. The topological polar surface area (TPSA) is 86.7 Å². The zero-order valence-electron chi connectivity index (χ0n) is 13.0. The van der Waals surface area contributed by atoms with Crippen LogP contribution in [0.2, 0.25) is 0 Å². The van der Waals surface area contributed by atoms with Crippen LogP contribution in [0.5, 0.6) is 0 Å². The summed E-state index contributed by atoms with van der Waals surface area (Å²) < 4.78 is 0. The van der Waals surface area contributed by atoms with Crippen molar-refractivity contribution >= 4 is 29.5 Å². The number of benzene rings is 1. The van der Waals surface area contributed by atoms with Gasteiger partial charge in [-0.25, -0.2) is 4.79 Å². The van der Waals surface area contributed by atoms with Crippen molar-refractivity contribution in [3.8, 4) is 0 Å². The van der Waals surface area contributed by atoms with E-state index in [1.54, 1.807) is 30.3 Å². The van der Waals surface area contributed by atoms with Crippen molar-refractivity contribution in [1.82, 2.24) is 4.90 Å². The molecule has 0 spiro atoms. The summed E-state index contributed by atoms with van der Waals surface area (Å²) in [5.74, 6) is -1.39. The monoisotopic (exact) mass is 316 g/mol. The standard InChI is InChI=1S/C17H20N2O4/c1-12(20)18-14-8-5-13(6-9-14)7-10-16(21)19-11-3-2-4-15(19)17(22)23/h5-10,15H,2-4,11H2,1H3,(H,18,20)(H,22,23)/b10-7+. The predicted octanol–water partition coefficient (Wildman–Crippen LogP) is 2.12. The molecule has 1 aliphatic heterocycles. The smallest absolute Gasteiger partial charge is 0.326 e. The molecule has 1 aromatic carbocycles. The molecule has 2 rings (SSSR count). The van der Waals surface area contributed by atoms with Gasteiger partial charge in [0, 0.05) is 25.2 Å². The molecular formula is C17H20N2O4. The van der Waals surface area contributed by atoms with Crippen LogP contribution in [0.1, 0.15) is 31.7 Å². The minimum absolute atomic E-state index is 0.145. The Morgan fingerprint density at radius 1 is 1.22 bits per heavy atom. The molecule has 0 bridgehead atoms. The number of rotatable bonds is 4. The molecule has 6 heteroatoms. The van der Waals surface area contributed by atoms with Crippen LogP contribution in [0.25, 0.3) is 6.08 Å². The number of hydrogen-bond acceptors (Lipinski definition) is 3. The number of carbonyl (C=O) groups excluding carboxylic acids is 2. The van der Waals surface area contributed by atoms with Gasteiger partial charge in [0.2, 0.25) is 11.8 Å². The quantitative estimate of drug-likeness (QED) is 0.833. The summed E-state index contributed by atoms with van der Waals surface area (Å²) in [5, 5.41) is 11.9. The highest BCUT2D eigenvalue weighted by molar-refractivity contribution is 5.94. The van der Waals surface area contributed by atoms with Crippen molar-refractivity contribution in [2.24, 2.45) is 0 Å². The van der Waals surface area contributed by atoms with Gasteiger partial charge in [0.1, 0.15) is 6.04 Å². The highest BCUT2D eigenvalue weighted by Crippen LogP contribution is 2.18. The van der Waals surface area contributed by atoms with E-state index < -0.39 is 12.0 Å². The van der Waals surface area contributed by atoms with Gasteiger partial charge in [0.05, 0.1) is 0 Å². The molecule has 1 saturated heterocycles. The normalized spacial score (nSPS) is 18.0. The summed E-state index contributed by atoms with van der Waals surface area (Å²) >= 11 is 0. The summed E-state index contributed by atoms with van der Waals surface area (Å²) in [5.41, 5.74) is 1.49. The molecule has 0 saturated carbocycles. The van der Waals surface area contributed by atoms with Gasteiger partial charge >= 0.3 is 5.97 Å². The molecule has 1 aromatic rings. The molecule has 122 valence electrons. The molecule has 1 fully saturated rings. The molecule has 6 nitrogen and oxygen atoms in total. The molecule has 2 N–H and O–H groups in total. The Balaban J connectivity index is 2.02. The Bertz CT molecular complexity index is 622. The van der Waals surface area contributed by atoms with Gasteiger partial charge in [0.25, 0.3) is 0 Å². The maximum absolute atomic E-state index is 12.2. The maximum atomic E-state index is 12.2. The Labute approximate surface area is 134 Å². The molecule has 2 amide bonds. The summed E-state index contributed by atoms with van der Waals surface area (Å²) in [6, 6.07) is 6.31. The van der Waals surface area contributed by atoms with Crippen LogP contribution in [-0.4, -0.2) is 40.4 Å². The fourth-order valence-corrected chi connectivity index (χ4v) is 2.60. The number of nitrogens with one attached hydrogen (secondary N) is 1. The number of carboxylic acids is 1. The number of carboxylic acid groups (broad SMARTS) is 1. The summed E-state index contributed by atoms with van der Waals surface area (Å²) in [7, 11) is 0. The van der Waals surface area contributed by atoms with E-state index in [0.29, 0.717) is 18.7 Å². The van der Waals surface area contributed by atoms with Crippen LogP contribution in [0.4, 0.5) is 5.69 Å². The van der Waals surface area contributed by atoms with E-state index in [0.717, 1.165) is 18.4 Å². The summed E-state index contributed by atoms with van der Waals surface area (Å²) in [6.45, 7) is 1.91. The first-order chi connectivity index (χ1) is 11.0. The molecule has 23 heavy (non-hydrogen) atoms. The SMILES string of the molecule is CC(=O)Nc1ccc(/C=C/C(=O)N2CCCCC2C(=O)O)cc1. The minimum atomic E-state index is -0.953. The van der Waals surface area contributed by atoms with Crippen molar-refractivity contribution < 1.29 is 19.5 Å². The van der Waals surface area contributed by atoms with Gasteiger partial charge in [-0.15, -0.1) is 0 Å². The van der Waals surface area contributed by atoms with E-state index in [2.05, 4.69) is 5.32 Å². The Hall–Kier alpha value is -2.63. The van der Waals surface area contributed by atoms with Crippen LogP contribution in [0.3, 0.4) is 0 Å². The van der Waals surface area contributed by atoms with E-state index in [-0.39, 0.29) is 11.8 Å². The van der Waals surface area contributed by atoms with Crippen LogP contribution in [0.15, 0.2) is 30.3 Å². The van der Waals surface area contributed by atoms with Crippen LogP contribution in [-0.2, 0) is 14.4 Å². The Morgan fingerprint density at radius 2 is 1.91 bits per heavy atom. The lowest BCUT2D eigenvalue weighted by molar-refractivity contribution is -0.150. The van der Waals surface area contributed by atoms with E-state index in [9.17, 15) is 19.5 Å². The van der Waals surface area contributed by atoms with Gasteiger partial charge in [-0.1, -0.05) is 12.1 Å². The van der Waals surface area contributed by atoms with E-state index in [1.807, 2.05) is 0 Å². The van der Waals surface area contributed by atoms with Crippen molar-refractivity contribution in [3.05, 3.63) is 35.9 Å². The van der Waals surface area contributed by atoms with Crippen molar-refractivity contribution in [2.45, 2.75) is 32.2 Å². The van der Waals surface area contributed by atoms with Crippen molar-refractivity contribution in [2.75, 3.05) is 11.9 Å². The van der Waals surface area contributed by atoms with Gasteiger partial charge in [-0.05, 0) is 43.0 Å². The number of likely N-dealkylation sites (tertiary alicyclic amines) is 1. The number of carbonyl (C=O) groups is 3. The first-order valence-electron chi connectivity index (χ1n) is 7.56. The van der Waals surface area contributed by atoms with Crippen molar-refractivity contribution in [3.63, 3.8) is 0 Å². The molecule has 0 aliphatic carbocycles. The number of hydrogen-bond donors (Lipinski definition) is 2. The van der Waals surface area contributed by atoms with Gasteiger partial charge in [0.15, 0.2) is 0 Å². The van der Waals surface area contributed by atoms with E-state index in [4.69, 9.17) is 0 Å². The summed E-state index contributed by atoms with van der Waals surface area (Å²) in [4.78, 5) is 35.8. The molecular weight excluding hydrogens is 296 g/mol. The summed E-state index contributed by atoms with van der Waals surface area (Å²) in [6.07, 6.45) is 5.20. The highest BCUT2D eigenvalue weighted by atomic mass is 16.4.